The van der Waals surface area contributed by atoms with Crippen LogP contribution in [-0.4, -0.2) is 18.2 Å². The zero-order valence-electron chi connectivity index (χ0n) is 12.9. The van der Waals surface area contributed by atoms with Crippen molar-refractivity contribution in [3.63, 3.8) is 0 Å². The summed E-state index contributed by atoms with van der Waals surface area (Å²) in [5.41, 5.74) is 1.49. The van der Waals surface area contributed by atoms with E-state index >= 15 is 0 Å². The summed E-state index contributed by atoms with van der Waals surface area (Å²) in [6, 6.07) is 7.66. The van der Waals surface area contributed by atoms with E-state index in [9.17, 15) is 5.11 Å². The van der Waals surface area contributed by atoms with Crippen molar-refractivity contribution < 1.29 is 5.11 Å². The summed E-state index contributed by atoms with van der Waals surface area (Å²) < 4.78 is 0. The highest BCUT2D eigenvalue weighted by Gasteiger charge is 2.23. The van der Waals surface area contributed by atoms with Gasteiger partial charge in [-0.1, -0.05) is 46.2 Å². The van der Waals surface area contributed by atoms with E-state index in [2.05, 4.69) is 39.1 Å². The van der Waals surface area contributed by atoms with Crippen LogP contribution in [0.3, 0.4) is 0 Å². The van der Waals surface area contributed by atoms with Crippen LogP contribution in [0, 0.1) is 11.3 Å². The van der Waals surface area contributed by atoms with Gasteiger partial charge in [-0.15, -0.1) is 0 Å². The van der Waals surface area contributed by atoms with Crippen molar-refractivity contribution in [1.29, 1.82) is 0 Å². The van der Waals surface area contributed by atoms with Crippen molar-refractivity contribution in [2.45, 2.75) is 47.0 Å². The molecule has 0 aliphatic heterocycles. The first-order valence-corrected chi connectivity index (χ1v) is 7.44. The largest absolute Gasteiger partial charge is 0.508 e. The van der Waals surface area contributed by atoms with Crippen LogP contribution in [0.1, 0.15) is 46.1 Å². The van der Waals surface area contributed by atoms with Crippen LogP contribution in [0.5, 0.6) is 5.75 Å². The topological polar surface area (TPSA) is 32.3 Å². The number of benzene rings is 1. The number of hydrogen-bond acceptors (Lipinski definition) is 2. The lowest BCUT2D eigenvalue weighted by molar-refractivity contribution is 0.270. The predicted molar refractivity (Wildman–Crippen MR) is 82.5 cm³/mol. The lowest BCUT2D eigenvalue weighted by Crippen LogP contribution is -2.35. The Hall–Kier alpha value is -1.02. The Balaban J connectivity index is 2.64. The quantitative estimate of drug-likeness (QED) is 0.743. The maximum absolute atomic E-state index is 9.57. The first-order chi connectivity index (χ1) is 8.95. The van der Waals surface area contributed by atoms with E-state index in [1.807, 2.05) is 12.1 Å². The smallest absolute Gasteiger partial charge is 0.115 e. The molecule has 2 nitrogen and oxygen atoms in total. The Kier molecular flexibility index (Phi) is 6.36. The molecular weight excluding hydrogens is 234 g/mol. The standard InChI is InChI=1S/C17H29NO/c1-5-9-17(4,13-18-12-14(2)3)11-15-7-6-8-16(19)10-15/h6-8,10,14,18-19H,5,9,11-13H2,1-4H3. The minimum Gasteiger partial charge on any atom is -0.508 e. The molecule has 1 rings (SSSR count). The minimum atomic E-state index is 0.261. The molecule has 1 atom stereocenters. The normalized spacial score (nSPS) is 14.6. The van der Waals surface area contributed by atoms with Gasteiger partial charge in [-0.25, -0.2) is 0 Å². The number of phenols is 1. The second kappa shape index (κ2) is 7.54. The number of phenolic OH excluding ortho intramolecular Hbond substituents is 1. The lowest BCUT2D eigenvalue weighted by Gasteiger charge is -2.30. The van der Waals surface area contributed by atoms with E-state index in [1.54, 1.807) is 6.07 Å². The number of rotatable bonds is 8. The monoisotopic (exact) mass is 263 g/mol. The molecule has 1 unspecified atom stereocenters. The predicted octanol–water partition coefficient (Wildman–Crippen LogP) is 3.99. The van der Waals surface area contributed by atoms with Gasteiger partial charge in [0.25, 0.3) is 0 Å². The highest BCUT2D eigenvalue weighted by Crippen LogP contribution is 2.28. The molecule has 1 aromatic rings. The summed E-state index contributed by atoms with van der Waals surface area (Å²) in [6.45, 7) is 11.2. The van der Waals surface area contributed by atoms with E-state index in [0.717, 1.165) is 19.5 Å². The van der Waals surface area contributed by atoms with Crippen LogP contribution >= 0.6 is 0 Å². The molecule has 2 heteroatoms. The third kappa shape index (κ3) is 6.11. The Bertz CT molecular complexity index is 375. The second-order valence-electron chi connectivity index (χ2n) is 6.43. The van der Waals surface area contributed by atoms with Gasteiger partial charge in [0.05, 0.1) is 0 Å². The van der Waals surface area contributed by atoms with Gasteiger partial charge in [0, 0.05) is 6.54 Å². The van der Waals surface area contributed by atoms with E-state index in [1.165, 1.54) is 18.4 Å². The maximum atomic E-state index is 9.57. The van der Waals surface area contributed by atoms with Gasteiger partial charge in [0.2, 0.25) is 0 Å². The summed E-state index contributed by atoms with van der Waals surface area (Å²) in [7, 11) is 0. The van der Waals surface area contributed by atoms with Gasteiger partial charge >= 0.3 is 0 Å². The zero-order valence-corrected chi connectivity index (χ0v) is 12.9. The van der Waals surface area contributed by atoms with Gasteiger partial charge in [-0.3, -0.25) is 0 Å². The Labute approximate surface area is 118 Å². The van der Waals surface area contributed by atoms with Gasteiger partial charge in [0.15, 0.2) is 0 Å². The molecule has 0 radical (unpaired) electrons. The van der Waals surface area contributed by atoms with E-state index in [4.69, 9.17) is 0 Å². The van der Waals surface area contributed by atoms with Crippen LogP contribution in [0.2, 0.25) is 0 Å². The maximum Gasteiger partial charge on any atom is 0.115 e. The highest BCUT2D eigenvalue weighted by molar-refractivity contribution is 5.27. The molecule has 0 aromatic heterocycles. The van der Waals surface area contributed by atoms with Crippen molar-refractivity contribution >= 4 is 0 Å². The molecule has 0 fully saturated rings. The third-order valence-corrected chi connectivity index (χ3v) is 3.50. The van der Waals surface area contributed by atoms with Crippen molar-refractivity contribution in [1.82, 2.24) is 5.32 Å². The third-order valence-electron chi connectivity index (χ3n) is 3.50. The molecule has 0 aliphatic carbocycles. The summed E-state index contributed by atoms with van der Waals surface area (Å²) in [5, 5.41) is 13.2. The van der Waals surface area contributed by atoms with Crippen LogP contribution < -0.4 is 5.32 Å². The van der Waals surface area contributed by atoms with Crippen LogP contribution in [0.25, 0.3) is 0 Å². The highest BCUT2D eigenvalue weighted by atomic mass is 16.3. The lowest BCUT2D eigenvalue weighted by atomic mass is 9.79. The SMILES string of the molecule is CCCC(C)(CNCC(C)C)Cc1cccc(O)c1. The molecule has 1 aromatic carbocycles. The first-order valence-electron chi connectivity index (χ1n) is 7.44. The van der Waals surface area contributed by atoms with Gasteiger partial charge < -0.3 is 10.4 Å². The summed E-state index contributed by atoms with van der Waals surface area (Å²) in [6.07, 6.45) is 3.41. The minimum absolute atomic E-state index is 0.261. The van der Waals surface area contributed by atoms with Crippen LogP contribution in [0.15, 0.2) is 24.3 Å². The Morgan fingerprint density at radius 3 is 2.63 bits per heavy atom. The first kappa shape index (κ1) is 16.0. The summed E-state index contributed by atoms with van der Waals surface area (Å²) in [5.74, 6) is 1.05. The summed E-state index contributed by atoms with van der Waals surface area (Å²) in [4.78, 5) is 0. The average molecular weight is 263 g/mol. The van der Waals surface area contributed by atoms with Crippen molar-refractivity contribution in [3.8, 4) is 5.75 Å². The molecule has 108 valence electrons. The van der Waals surface area contributed by atoms with Crippen LogP contribution in [-0.2, 0) is 6.42 Å². The fourth-order valence-corrected chi connectivity index (χ4v) is 2.66. The van der Waals surface area contributed by atoms with Crippen molar-refractivity contribution in [2.75, 3.05) is 13.1 Å². The molecule has 0 saturated heterocycles. The molecule has 0 aliphatic rings. The van der Waals surface area contributed by atoms with Gasteiger partial charge in [0.1, 0.15) is 5.75 Å². The average Bonchev–Trinajstić information content (AvgIpc) is 2.28. The van der Waals surface area contributed by atoms with Crippen molar-refractivity contribution in [3.05, 3.63) is 29.8 Å². The molecule has 0 spiro atoms. The molecule has 19 heavy (non-hydrogen) atoms. The number of nitrogens with one attached hydrogen (secondary N) is 1. The van der Waals surface area contributed by atoms with E-state index in [0.29, 0.717) is 11.7 Å². The second-order valence-corrected chi connectivity index (χ2v) is 6.43. The molecule has 0 bridgehead atoms. The molecule has 0 saturated carbocycles. The molecule has 0 heterocycles. The summed E-state index contributed by atoms with van der Waals surface area (Å²) >= 11 is 0. The van der Waals surface area contributed by atoms with Gasteiger partial charge in [-0.2, -0.15) is 0 Å². The molecular formula is C17H29NO. The zero-order chi connectivity index (χ0) is 14.3. The fourth-order valence-electron chi connectivity index (χ4n) is 2.66. The van der Waals surface area contributed by atoms with Crippen LogP contribution in [0.4, 0.5) is 0 Å². The molecule has 2 N–H and O–H groups in total. The van der Waals surface area contributed by atoms with Crippen molar-refractivity contribution in [2.24, 2.45) is 11.3 Å². The van der Waals surface area contributed by atoms with E-state index < -0.39 is 0 Å². The number of hydrogen-bond donors (Lipinski definition) is 2. The van der Waals surface area contributed by atoms with E-state index in [-0.39, 0.29) is 5.41 Å². The Morgan fingerprint density at radius 1 is 1.32 bits per heavy atom. The molecule has 0 amide bonds. The fraction of sp³-hybridized carbons (Fsp3) is 0.647. The Morgan fingerprint density at radius 2 is 2.05 bits per heavy atom. The van der Waals surface area contributed by atoms with Gasteiger partial charge in [-0.05, 0) is 48.4 Å². The number of aromatic hydroxyl groups is 1.